The molecule has 0 heterocycles. The summed E-state index contributed by atoms with van der Waals surface area (Å²) in [7, 11) is 1.60. The van der Waals surface area contributed by atoms with E-state index in [1.54, 1.807) is 31.3 Å². The van der Waals surface area contributed by atoms with E-state index in [0.29, 0.717) is 25.2 Å². The van der Waals surface area contributed by atoms with Gasteiger partial charge in [0, 0.05) is 19.5 Å². The van der Waals surface area contributed by atoms with Gasteiger partial charge in [-0.05, 0) is 30.2 Å². The molecule has 2 N–H and O–H groups in total. The fourth-order valence-electron chi connectivity index (χ4n) is 1.39. The first-order valence-electron chi connectivity index (χ1n) is 5.96. The molecule has 0 atom stereocenters. The van der Waals surface area contributed by atoms with Crippen molar-refractivity contribution in [3.05, 3.63) is 35.9 Å². The minimum Gasteiger partial charge on any atom is -0.494 e. The Kier molecular flexibility index (Phi) is 6.15. The highest BCUT2D eigenvalue weighted by atomic mass is 16.5. The van der Waals surface area contributed by atoms with E-state index in [1.165, 1.54) is 6.08 Å². The molecule has 0 aliphatic carbocycles. The first kappa shape index (κ1) is 14.8. The van der Waals surface area contributed by atoms with Crippen molar-refractivity contribution in [2.24, 2.45) is 0 Å². The highest BCUT2D eigenvalue weighted by molar-refractivity contribution is 5.85. The lowest BCUT2D eigenvalue weighted by molar-refractivity contribution is -0.131. The van der Waals surface area contributed by atoms with Crippen LogP contribution < -0.4 is 10.1 Å². The van der Waals surface area contributed by atoms with Crippen LogP contribution in [0.1, 0.15) is 18.4 Å². The van der Waals surface area contributed by atoms with E-state index in [0.717, 1.165) is 11.6 Å². The van der Waals surface area contributed by atoms with Crippen LogP contribution in [0.2, 0.25) is 0 Å². The van der Waals surface area contributed by atoms with Crippen LogP contribution in [0.4, 0.5) is 0 Å². The summed E-state index contributed by atoms with van der Waals surface area (Å²) in [5.41, 5.74) is 0.792. The predicted octanol–water partition coefficient (Wildman–Crippen LogP) is 1.69. The molecule has 0 spiro atoms. The molecule has 0 aliphatic heterocycles. The second kappa shape index (κ2) is 7.92. The summed E-state index contributed by atoms with van der Waals surface area (Å²) < 4.78 is 5.46. The Balaban J connectivity index is 2.36. The molecular formula is C14H17NO4. The predicted molar refractivity (Wildman–Crippen MR) is 71.9 cm³/mol. The molecule has 102 valence electrons. The van der Waals surface area contributed by atoms with Crippen LogP contribution >= 0.6 is 0 Å². The second-order valence-corrected chi connectivity index (χ2v) is 3.87. The van der Waals surface area contributed by atoms with Crippen molar-refractivity contribution in [3.8, 4) is 5.75 Å². The summed E-state index contributed by atoms with van der Waals surface area (Å²) >= 11 is 0. The zero-order valence-corrected chi connectivity index (χ0v) is 10.8. The summed E-state index contributed by atoms with van der Waals surface area (Å²) in [5, 5.41) is 11.0. The molecule has 0 radical (unpaired) electrons. The number of aliphatic carboxylic acids is 1. The number of ether oxygens (including phenoxy) is 1. The van der Waals surface area contributed by atoms with Crippen LogP contribution in [0, 0.1) is 0 Å². The summed E-state index contributed by atoms with van der Waals surface area (Å²) in [6.07, 6.45) is 3.69. The number of hydrogen-bond donors (Lipinski definition) is 2. The summed E-state index contributed by atoms with van der Waals surface area (Å²) in [6.45, 7) is 0.470. The van der Waals surface area contributed by atoms with Gasteiger partial charge in [0.2, 0.25) is 5.91 Å². The number of nitrogens with one attached hydrogen (secondary N) is 1. The number of carboxylic acids is 1. The van der Waals surface area contributed by atoms with Gasteiger partial charge in [-0.3, -0.25) is 4.79 Å². The molecule has 0 saturated heterocycles. The molecule has 19 heavy (non-hydrogen) atoms. The fraction of sp³-hybridized carbons (Fsp3) is 0.286. The van der Waals surface area contributed by atoms with Gasteiger partial charge in [0.05, 0.1) is 6.61 Å². The quantitative estimate of drug-likeness (QED) is 0.580. The van der Waals surface area contributed by atoms with Crippen LogP contribution in [0.3, 0.4) is 0 Å². The minimum absolute atomic E-state index is 0.00208. The normalized spacial score (nSPS) is 10.4. The lowest BCUT2D eigenvalue weighted by Gasteiger charge is -2.05. The van der Waals surface area contributed by atoms with Crippen LogP contribution in [0.25, 0.3) is 6.08 Å². The molecule has 0 saturated carbocycles. The zero-order valence-electron chi connectivity index (χ0n) is 10.8. The van der Waals surface area contributed by atoms with E-state index < -0.39 is 5.97 Å². The topological polar surface area (TPSA) is 75.6 Å². The van der Waals surface area contributed by atoms with E-state index >= 15 is 0 Å². The largest absolute Gasteiger partial charge is 0.494 e. The van der Waals surface area contributed by atoms with E-state index in [2.05, 4.69) is 5.32 Å². The smallest absolute Gasteiger partial charge is 0.328 e. The number of carbonyl (C=O) groups is 2. The molecule has 0 aliphatic rings. The first-order chi connectivity index (χ1) is 9.11. The lowest BCUT2D eigenvalue weighted by atomic mass is 10.2. The minimum atomic E-state index is -0.977. The average Bonchev–Trinajstić information content (AvgIpc) is 2.42. The van der Waals surface area contributed by atoms with E-state index in [4.69, 9.17) is 9.84 Å². The van der Waals surface area contributed by atoms with Gasteiger partial charge in [0.15, 0.2) is 0 Å². The Labute approximate surface area is 111 Å². The van der Waals surface area contributed by atoms with Crippen molar-refractivity contribution in [3.63, 3.8) is 0 Å². The van der Waals surface area contributed by atoms with Gasteiger partial charge in [-0.25, -0.2) is 4.79 Å². The van der Waals surface area contributed by atoms with Crippen molar-refractivity contribution in [1.82, 2.24) is 5.32 Å². The molecule has 5 heteroatoms. The standard InChI is InChI=1S/C14H17NO4/c1-15-13(16)3-2-10-19-12-7-4-11(5-8-12)6-9-14(17)18/h4-9H,2-3,10H2,1H3,(H,15,16)(H,17,18). The fourth-order valence-corrected chi connectivity index (χ4v) is 1.39. The lowest BCUT2D eigenvalue weighted by Crippen LogP contribution is -2.18. The molecule has 1 aromatic carbocycles. The summed E-state index contributed by atoms with van der Waals surface area (Å²) in [4.78, 5) is 21.3. The van der Waals surface area contributed by atoms with Crippen molar-refractivity contribution in [1.29, 1.82) is 0 Å². The van der Waals surface area contributed by atoms with Gasteiger partial charge < -0.3 is 15.2 Å². The molecule has 5 nitrogen and oxygen atoms in total. The zero-order chi connectivity index (χ0) is 14.1. The molecule has 1 amide bonds. The number of rotatable bonds is 7. The van der Waals surface area contributed by atoms with E-state index in [1.807, 2.05) is 0 Å². The van der Waals surface area contributed by atoms with Gasteiger partial charge >= 0.3 is 5.97 Å². The molecule has 1 rings (SSSR count). The third kappa shape index (κ3) is 6.26. The Morgan fingerprint density at radius 1 is 1.32 bits per heavy atom. The molecule has 0 bridgehead atoms. The second-order valence-electron chi connectivity index (χ2n) is 3.87. The van der Waals surface area contributed by atoms with Crippen molar-refractivity contribution < 1.29 is 19.4 Å². The van der Waals surface area contributed by atoms with Gasteiger partial charge in [-0.15, -0.1) is 0 Å². The van der Waals surface area contributed by atoms with Crippen LogP contribution in [0.15, 0.2) is 30.3 Å². The van der Waals surface area contributed by atoms with Gasteiger partial charge in [0.1, 0.15) is 5.75 Å². The Bertz CT molecular complexity index is 451. The third-order valence-electron chi connectivity index (χ3n) is 2.39. The highest BCUT2D eigenvalue weighted by Crippen LogP contribution is 2.13. The molecule has 0 aromatic heterocycles. The maximum atomic E-state index is 11.0. The third-order valence-corrected chi connectivity index (χ3v) is 2.39. The number of carboxylic acid groups (broad SMARTS) is 1. The van der Waals surface area contributed by atoms with Gasteiger partial charge in [-0.2, -0.15) is 0 Å². The number of carbonyl (C=O) groups excluding carboxylic acids is 1. The number of amides is 1. The molecule has 1 aromatic rings. The SMILES string of the molecule is CNC(=O)CCCOc1ccc(C=CC(=O)O)cc1. The summed E-state index contributed by atoms with van der Waals surface area (Å²) in [5.74, 6) is -0.281. The van der Waals surface area contributed by atoms with Crippen molar-refractivity contribution >= 4 is 18.0 Å². The first-order valence-corrected chi connectivity index (χ1v) is 5.96. The molecule has 0 fully saturated rings. The van der Waals surface area contributed by atoms with Crippen LogP contribution in [-0.4, -0.2) is 30.6 Å². The Hall–Kier alpha value is -2.30. The van der Waals surface area contributed by atoms with Gasteiger partial charge in [-0.1, -0.05) is 12.1 Å². The van der Waals surface area contributed by atoms with Crippen LogP contribution in [-0.2, 0) is 9.59 Å². The number of benzene rings is 1. The van der Waals surface area contributed by atoms with E-state index in [9.17, 15) is 9.59 Å². The van der Waals surface area contributed by atoms with Gasteiger partial charge in [0.25, 0.3) is 0 Å². The maximum Gasteiger partial charge on any atom is 0.328 e. The van der Waals surface area contributed by atoms with Crippen LogP contribution in [0.5, 0.6) is 5.75 Å². The molecule has 0 unspecified atom stereocenters. The molecular weight excluding hydrogens is 246 g/mol. The van der Waals surface area contributed by atoms with E-state index in [-0.39, 0.29) is 5.91 Å². The van der Waals surface area contributed by atoms with Crippen molar-refractivity contribution in [2.45, 2.75) is 12.8 Å². The average molecular weight is 263 g/mol. The Morgan fingerprint density at radius 3 is 2.58 bits per heavy atom. The Morgan fingerprint density at radius 2 is 2.00 bits per heavy atom. The maximum absolute atomic E-state index is 11.0. The monoisotopic (exact) mass is 263 g/mol. The summed E-state index contributed by atoms with van der Waals surface area (Å²) in [6, 6.07) is 7.07. The highest BCUT2D eigenvalue weighted by Gasteiger charge is 1.98. The van der Waals surface area contributed by atoms with Crippen molar-refractivity contribution in [2.75, 3.05) is 13.7 Å². The number of hydrogen-bond acceptors (Lipinski definition) is 3.